The molecule has 0 amide bonds. The number of hydrogen-bond donors (Lipinski definition) is 2. The van der Waals surface area contributed by atoms with Gasteiger partial charge in [0.25, 0.3) is 0 Å². The van der Waals surface area contributed by atoms with Gasteiger partial charge in [0.05, 0.1) is 0 Å². The van der Waals surface area contributed by atoms with E-state index in [9.17, 15) is 4.39 Å². The van der Waals surface area contributed by atoms with Gasteiger partial charge in [-0.3, -0.25) is 0 Å². The van der Waals surface area contributed by atoms with E-state index >= 15 is 0 Å². The van der Waals surface area contributed by atoms with Gasteiger partial charge in [0.1, 0.15) is 0 Å². The molecule has 0 saturated carbocycles. The largest absolute Gasteiger partial charge is 0.505 e. The van der Waals surface area contributed by atoms with Crippen molar-refractivity contribution in [2.75, 3.05) is 7.05 Å². The lowest BCUT2D eigenvalue weighted by Gasteiger charge is -2.24. The van der Waals surface area contributed by atoms with Gasteiger partial charge < -0.3 is 10.4 Å². The molecule has 0 saturated heterocycles. The van der Waals surface area contributed by atoms with E-state index in [4.69, 9.17) is 5.11 Å². The monoisotopic (exact) mass is 183 g/mol. The number of rotatable bonds is 2. The molecule has 0 spiro atoms. The number of phenols is 1. The zero-order valence-corrected chi connectivity index (χ0v) is 8.06. The van der Waals surface area contributed by atoms with Gasteiger partial charge in [-0.25, -0.2) is 4.39 Å². The fourth-order valence-corrected chi connectivity index (χ4v) is 1.04. The molecule has 0 bridgehead atoms. The summed E-state index contributed by atoms with van der Waals surface area (Å²) in [7, 11) is 1.81. The van der Waals surface area contributed by atoms with Crippen molar-refractivity contribution in [3.8, 4) is 5.75 Å². The highest BCUT2D eigenvalue weighted by Gasteiger charge is 2.18. The minimum absolute atomic E-state index is 0.283. The number of aromatic hydroxyl groups is 1. The van der Waals surface area contributed by atoms with E-state index in [1.54, 1.807) is 6.07 Å². The van der Waals surface area contributed by atoms with E-state index in [2.05, 4.69) is 5.32 Å². The van der Waals surface area contributed by atoms with Crippen LogP contribution >= 0.6 is 0 Å². The highest BCUT2D eigenvalue weighted by atomic mass is 19.1. The topological polar surface area (TPSA) is 32.3 Å². The molecule has 1 aromatic rings. The lowest BCUT2D eigenvalue weighted by molar-refractivity contribution is 0.418. The maximum absolute atomic E-state index is 13.0. The van der Waals surface area contributed by atoms with Crippen molar-refractivity contribution in [2.24, 2.45) is 0 Å². The van der Waals surface area contributed by atoms with Crippen LogP contribution in [0.25, 0.3) is 0 Å². The smallest absolute Gasteiger partial charge is 0.165 e. The average Bonchev–Trinajstić information content (AvgIpc) is 2.09. The summed E-state index contributed by atoms with van der Waals surface area (Å²) in [5.74, 6) is -0.892. The van der Waals surface area contributed by atoms with Crippen molar-refractivity contribution in [2.45, 2.75) is 19.4 Å². The molecule has 0 aliphatic carbocycles. The van der Waals surface area contributed by atoms with Crippen molar-refractivity contribution in [1.82, 2.24) is 5.32 Å². The molecule has 0 fully saturated rings. The predicted molar refractivity (Wildman–Crippen MR) is 50.2 cm³/mol. The fraction of sp³-hybridized carbons (Fsp3) is 0.400. The van der Waals surface area contributed by atoms with Crippen molar-refractivity contribution >= 4 is 0 Å². The minimum Gasteiger partial charge on any atom is -0.505 e. The van der Waals surface area contributed by atoms with Gasteiger partial charge in [-0.15, -0.1) is 0 Å². The number of halogens is 1. The Hall–Kier alpha value is -1.09. The second kappa shape index (κ2) is 3.34. The van der Waals surface area contributed by atoms with E-state index in [0.29, 0.717) is 0 Å². The summed E-state index contributed by atoms with van der Waals surface area (Å²) in [5.41, 5.74) is 0.527. The second-order valence-corrected chi connectivity index (χ2v) is 3.54. The molecule has 0 aromatic heterocycles. The summed E-state index contributed by atoms with van der Waals surface area (Å²) in [6.07, 6.45) is 0. The lowest BCUT2D eigenvalue weighted by atomic mass is 9.94. The first kappa shape index (κ1) is 9.99. The zero-order chi connectivity index (χ0) is 10.1. The van der Waals surface area contributed by atoms with E-state index in [1.165, 1.54) is 12.1 Å². The van der Waals surface area contributed by atoms with E-state index < -0.39 is 5.82 Å². The Bertz CT molecular complexity index is 310. The molecule has 0 radical (unpaired) electrons. The Morgan fingerprint density at radius 1 is 1.38 bits per heavy atom. The van der Waals surface area contributed by atoms with Crippen LogP contribution in [-0.4, -0.2) is 12.2 Å². The molecule has 0 aliphatic rings. The summed E-state index contributed by atoms with van der Waals surface area (Å²) >= 11 is 0. The van der Waals surface area contributed by atoms with Crippen LogP contribution in [0.1, 0.15) is 19.4 Å². The maximum Gasteiger partial charge on any atom is 0.165 e. The van der Waals surface area contributed by atoms with E-state index in [-0.39, 0.29) is 11.3 Å². The first-order valence-electron chi connectivity index (χ1n) is 4.15. The molecule has 0 unspecified atom stereocenters. The molecule has 0 heterocycles. The quantitative estimate of drug-likeness (QED) is 0.734. The van der Waals surface area contributed by atoms with Crippen LogP contribution in [0.15, 0.2) is 18.2 Å². The van der Waals surface area contributed by atoms with Crippen LogP contribution in [-0.2, 0) is 5.54 Å². The van der Waals surface area contributed by atoms with Crippen LogP contribution in [0.4, 0.5) is 4.39 Å². The first-order chi connectivity index (χ1) is 5.97. The third-order valence-corrected chi connectivity index (χ3v) is 2.29. The molecule has 1 rings (SSSR count). The van der Waals surface area contributed by atoms with Crippen LogP contribution in [0.5, 0.6) is 5.75 Å². The minimum atomic E-state index is -0.583. The molecule has 13 heavy (non-hydrogen) atoms. The summed E-state index contributed by atoms with van der Waals surface area (Å²) in [6.45, 7) is 3.89. The van der Waals surface area contributed by atoms with Crippen LogP contribution in [0, 0.1) is 5.82 Å². The molecule has 2 nitrogen and oxygen atoms in total. The van der Waals surface area contributed by atoms with E-state index in [0.717, 1.165) is 5.56 Å². The van der Waals surface area contributed by atoms with Crippen LogP contribution in [0.2, 0.25) is 0 Å². The standard InChI is InChI=1S/C10H14FNO/c1-10(2,12-3)7-4-5-9(13)8(11)6-7/h4-6,12-13H,1-3H3. The molecule has 3 heteroatoms. The predicted octanol–water partition coefficient (Wildman–Crippen LogP) is 1.99. The Morgan fingerprint density at radius 3 is 2.46 bits per heavy atom. The van der Waals surface area contributed by atoms with Gasteiger partial charge in [0, 0.05) is 5.54 Å². The van der Waals surface area contributed by atoms with Gasteiger partial charge in [-0.2, -0.15) is 0 Å². The van der Waals surface area contributed by atoms with Gasteiger partial charge in [-0.05, 0) is 38.6 Å². The summed E-state index contributed by atoms with van der Waals surface area (Å²) in [6, 6.07) is 4.41. The third-order valence-electron chi connectivity index (χ3n) is 2.29. The molecule has 0 atom stereocenters. The van der Waals surface area contributed by atoms with Crippen molar-refractivity contribution in [1.29, 1.82) is 0 Å². The Labute approximate surface area is 77.4 Å². The Morgan fingerprint density at radius 2 is 2.00 bits per heavy atom. The highest BCUT2D eigenvalue weighted by Crippen LogP contribution is 2.24. The summed E-state index contributed by atoms with van der Waals surface area (Å²) < 4.78 is 13.0. The molecule has 2 N–H and O–H groups in total. The maximum atomic E-state index is 13.0. The van der Waals surface area contributed by atoms with Crippen LogP contribution in [0.3, 0.4) is 0 Å². The number of phenolic OH excluding ortho intramolecular Hbond substituents is 1. The van der Waals surface area contributed by atoms with Gasteiger partial charge in [-0.1, -0.05) is 6.07 Å². The van der Waals surface area contributed by atoms with Crippen molar-refractivity contribution < 1.29 is 9.50 Å². The average molecular weight is 183 g/mol. The lowest BCUT2D eigenvalue weighted by Crippen LogP contribution is -2.33. The van der Waals surface area contributed by atoms with Crippen LogP contribution < -0.4 is 5.32 Å². The SMILES string of the molecule is CNC(C)(C)c1ccc(O)c(F)c1. The Balaban J connectivity index is 3.10. The van der Waals surface area contributed by atoms with Crippen molar-refractivity contribution in [3.05, 3.63) is 29.6 Å². The molecule has 0 aliphatic heterocycles. The summed E-state index contributed by atoms with van der Waals surface area (Å²) in [5, 5.41) is 12.0. The summed E-state index contributed by atoms with van der Waals surface area (Å²) in [4.78, 5) is 0. The normalized spacial score (nSPS) is 11.7. The number of hydrogen-bond acceptors (Lipinski definition) is 2. The first-order valence-corrected chi connectivity index (χ1v) is 4.15. The molecule has 1 aromatic carbocycles. The fourth-order valence-electron chi connectivity index (χ4n) is 1.04. The third kappa shape index (κ3) is 1.98. The van der Waals surface area contributed by atoms with E-state index in [1.807, 2.05) is 20.9 Å². The number of benzene rings is 1. The Kier molecular flexibility index (Phi) is 2.57. The van der Waals surface area contributed by atoms with Gasteiger partial charge >= 0.3 is 0 Å². The van der Waals surface area contributed by atoms with Gasteiger partial charge in [0.2, 0.25) is 0 Å². The molecule has 72 valence electrons. The number of nitrogens with one attached hydrogen (secondary N) is 1. The highest BCUT2D eigenvalue weighted by molar-refractivity contribution is 5.31. The van der Waals surface area contributed by atoms with Crippen molar-refractivity contribution in [3.63, 3.8) is 0 Å². The van der Waals surface area contributed by atoms with Gasteiger partial charge in [0.15, 0.2) is 11.6 Å². The molecular weight excluding hydrogens is 169 g/mol. The molecular formula is C10H14FNO. The second-order valence-electron chi connectivity index (χ2n) is 3.54. The zero-order valence-electron chi connectivity index (χ0n) is 8.06.